The lowest BCUT2D eigenvalue weighted by Gasteiger charge is -2.35. The Kier molecular flexibility index (Phi) is 6.01. The van der Waals surface area contributed by atoms with Crippen LogP contribution in [0.5, 0.6) is 0 Å². The van der Waals surface area contributed by atoms with Gasteiger partial charge < -0.3 is 9.80 Å². The van der Waals surface area contributed by atoms with Gasteiger partial charge >= 0.3 is 0 Å². The van der Waals surface area contributed by atoms with Crippen LogP contribution in [0, 0.1) is 10.1 Å². The monoisotopic (exact) mass is 457 g/mol. The Morgan fingerprint density at radius 3 is 2.29 bits per heavy atom. The minimum absolute atomic E-state index is 0.0719. The minimum Gasteiger partial charge on any atom is -0.352 e. The molecule has 2 aromatic carbocycles. The molecule has 1 aliphatic heterocycles. The van der Waals surface area contributed by atoms with Crippen LogP contribution in [0.4, 0.5) is 11.5 Å². The smallest absolute Gasteiger partial charge is 0.270 e. The lowest BCUT2D eigenvalue weighted by molar-refractivity contribution is -0.384. The van der Waals surface area contributed by atoms with E-state index in [0.29, 0.717) is 36.9 Å². The highest BCUT2D eigenvalue weighted by atomic mass is 35.5. The molecule has 31 heavy (non-hydrogen) atoms. The summed E-state index contributed by atoms with van der Waals surface area (Å²) >= 11 is 12.3. The second-order valence-electron chi connectivity index (χ2n) is 6.96. The number of aromatic nitrogens is 2. The number of carbonyl (C=O) groups excluding carboxylic acids is 1. The standard InChI is InChI=1S/C21H17Cl2N5O3/c22-17-4-2-1-3-15(17)19-7-8-20(25-24-19)26-9-11-27(12-10-26)21(29)16-6-5-14(28(30)31)13-18(16)23/h1-8,13H,9-12H2. The molecule has 1 aromatic heterocycles. The number of hydrogen-bond donors (Lipinski definition) is 0. The van der Waals surface area contributed by atoms with Gasteiger partial charge in [0, 0.05) is 43.9 Å². The van der Waals surface area contributed by atoms with Gasteiger partial charge in [0.1, 0.15) is 0 Å². The van der Waals surface area contributed by atoms with Crippen molar-refractivity contribution in [2.75, 3.05) is 31.1 Å². The van der Waals surface area contributed by atoms with E-state index in [1.165, 1.54) is 18.2 Å². The quantitative estimate of drug-likeness (QED) is 0.427. The van der Waals surface area contributed by atoms with Crippen molar-refractivity contribution in [2.45, 2.75) is 0 Å². The van der Waals surface area contributed by atoms with Crippen molar-refractivity contribution in [3.05, 3.63) is 80.3 Å². The fourth-order valence-corrected chi connectivity index (χ4v) is 3.89. The van der Waals surface area contributed by atoms with Crippen LogP contribution in [-0.4, -0.2) is 52.1 Å². The maximum Gasteiger partial charge on any atom is 0.270 e. The van der Waals surface area contributed by atoms with E-state index in [-0.39, 0.29) is 22.2 Å². The van der Waals surface area contributed by atoms with Crippen LogP contribution in [-0.2, 0) is 0 Å². The Bertz CT molecular complexity index is 1130. The molecule has 0 bridgehead atoms. The van der Waals surface area contributed by atoms with Gasteiger partial charge in [-0.1, -0.05) is 41.4 Å². The normalized spacial score (nSPS) is 13.9. The number of nitro groups is 1. The van der Waals surface area contributed by atoms with Crippen molar-refractivity contribution in [3.63, 3.8) is 0 Å². The molecule has 1 amide bonds. The van der Waals surface area contributed by atoms with Gasteiger partial charge in [0.2, 0.25) is 0 Å². The Morgan fingerprint density at radius 2 is 1.68 bits per heavy atom. The number of piperazine rings is 1. The summed E-state index contributed by atoms with van der Waals surface area (Å²) in [5, 5.41) is 20.1. The predicted octanol–water partition coefficient (Wildman–Crippen LogP) is 4.32. The van der Waals surface area contributed by atoms with Crippen LogP contribution in [0.25, 0.3) is 11.3 Å². The third-order valence-corrected chi connectivity index (χ3v) is 5.73. The molecule has 158 valence electrons. The first kappa shape index (κ1) is 21.0. The number of amides is 1. The van der Waals surface area contributed by atoms with E-state index in [2.05, 4.69) is 10.2 Å². The van der Waals surface area contributed by atoms with Gasteiger partial charge in [-0.15, -0.1) is 10.2 Å². The summed E-state index contributed by atoms with van der Waals surface area (Å²) in [4.78, 5) is 26.8. The first-order chi connectivity index (χ1) is 14.9. The Balaban J connectivity index is 1.41. The highest BCUT2D eigenvalue weighted by Gasteiger charge is 2.25. The van der Waals surface area contributed by atoms with Gasteiger partial charge in [0.25, 0.3) is 11.6 Å². The number of hydrogen-bond acceptors (Lipinski definition) is 6. The number of benzene rings is 2. The van der Waals surface area contributed by atoms with Crippen LogP contribution in [0.1, 0.15) is 10.4 Å². The van der Waals surface area contributed by atoms with Crippen LogP contribution in [0.15, 0.2) is 54.6 Å². The van der Waals surface area contributed by atoms with E-state index in [4.69, 9.17) is 23.2 Å². The molecule has 0 unspecified atom stereocenters. The lowest BCUT2D eigenvalue weighted by Crippen LogP contribution is -2.49. The van der Waals surface area contributed by atoms with E-state index in [0.717, 1.165) is 11.4 Å². The van der Waals surface area contributed by atoms with Crippen molar-refractivity contribution >= 4 is 40.6 Å². The average molecular weight is 458 g/mol. The third kappa shape index (κ3) is 4.45. The van der Waals surface area contributed by atoms with E-state index in [1.54, 1.807) is 11.0 Å². The first-order valence-corrected chi connectivity index (χ1v) is 10.3. The van der Waals surface area contributed by atoms with Gasteiger partial charge in [-0.25, -0.2) is 0 Å². The van der Waals surface area contributed by atoms with Crippen molar-refractivity contribution in [3.8, 4) is 11.3 Å². The van der Waals surface area contributed by atoms with Crippen LogP contribution >= 0.6 is 23.2 Å². The van der Waals surface area contributed by atoms with E-state index in [9.17, 15) is 14.9 Å². The molecule has 3 aromatic rings. The number of halogens is 2. The summed E-state index contributed by atoms with van der Waals surface area (Å²) in [5.41, 5.74) is 1.62. The summed E-state index contributed by atoms with van der Waals surface area (Å²) in [7, 11) is 0. The van der Waals surface area contributed by atoms with E-state index < -0.39 is 4.92 Å². The zero-order valence-corrected chi connectivity index (χ0v) is 17.8. The second kappa shape index (κ2) is 8.87. The van der Waals surface area contributed by atoms with Crippen molar-refractivity contribution in [1.29, 1.82) is 0 Å². The van der Waals surface area contributed by atoms with Gasteiger partial charge in [-0.2, -0.15) is 0 Å². The molecule has 1 fully saturated rings. The minimum atomic E-state index is -0.545. The summed E-state index contributed by atoms with van der Waals surface area (Å²) in [6.45, 7) is 2.10. The molecular weight excluding hydrogens is 441 g/mol. The summed E-state index contributed by atoms with van der Waals surface area (Å²) in [6.07, 6.45) is 0. The van der Waals surface area contributed by atoms with Crippen LogP contribution < -0.4 is 4.90 Å². The van der Waals surface area contributed by atoms with Crippen molar-refractivity contribution in [1.82, 2.24) is 15.1 Å². The van der Waals surface area contributed by atoms with Crippen molar-refractivity contribution in [2.24, 2.45) is 0 Å². The maximum atomic E-state index is 12.8. The lowest BCUT2D eigenvalue weighted by atomic mass is 10.1. The maximum absolute atomic E-state index is 12.8. The summed E-state index contributed by atoms with van der Waals surface area (Å²) < 4.78 is 0. The molecule has 0 spiro atoms. The largest absolute Gasteiger partial charge is 0.352 e. The number of non-ortho nitro benzene ring substituents is 1. The molecule has 0 atom stereocenters. The number of anilines is 1. The van der Waals surface area contributed by atoms with E-state index >= 15 is 0 Å². The fraction of sp³-hybridized carbons (Fsp3) is 0.190. The van der Waals surface area contributed by atoms with Gasteiger partial charge in [-0.3, -0.25) is 14.9 Å². The first-order valence-electron chi connectivity index (χ1n) is 9.51. The number of carbonyl (C=O) groups is 1. The van der Waals surface area contributed by atoms with Crippen molar-refractivity contribution < 1.29 is 9.72 Å². The molecule has 1 saturated heterocycles. The van der Waals surface area contributed by atoms with Gasteiger partial charge in [-0.05, 0) is 24.3 Å². The van der Waals surface area contributed by atoms with E-state index in [1.807, 2.05) is 35.2 Å². The van der Waals surface area contributed by atoms with Crippen LogP contribution in [0.3, 0.4) is 0 Å². The number of nitrogens with zero attached hydrogens (tertiary/aromatic N) is 5. The summed E-state index contributed by atoms with van der Waals surface area (Å²) in [5.74, 6) is 0.468. The van der Waals surface area contributed by atoms with Gasteiger partial charge in [0.05, 0.1) is 26.2 Å². The summed E-state index contributed by atoms with van der Waals surface area (Å²) in [6, 6.07) is 15.1. The Morgan fingerprint density at radius 1 is 0.935 bits per heavy atom. The molecule has 4 rings (SSSR count). The zero-order chi connectivity index (χ0) is 22.0. The topological polar surface area (TPSA) is 92.5 Å². The Labute approximate surface area is 188 Å². The molecule has 0 radical (unpaired) electrons. The highest BCUT2D eigenvalue weighted by molar-refractivity contribution is 6.34. The predicted molar refractivity (Wildman–Crippen MR) is 119 cm³/mol. The molecule has 0 aliphatic carbocycles. The number of nitro benzene ring substituents is 1. The molecule has 0 N–H and O–H groups in total. The third-order valence-electron chi connectivity index (χ3n) is 5.09. The van der Waals surface area contributed by atoms with Crippen LogP contribution in [0.2, 0.25) is 10.0 Å². The second-order valence-corrected chi connectivity index (χ2v) is 7.77. The van der Waals surface area contributed by atoms with Gasteiger partial charge in [0.15, 0.2) is 5.82 Å². The molecule has 8 nitrogen and oxygen atoms in total. The number of rotatable bonds is 4. The molecule has 1 aliphatic rings. The average Bonchev–Trinajstić information content (AvgIpc) is 2.79. The Hall–Kier alpha value is -3.23. The molecule has 2 heterocycles. The highest BCUT2D eigenvalue weighted by Crippen LogP contribution is 2.27. The molecular formula is C21H17Cl2N5O3. The SMILES string of the molecule is O=C(c1ccc([N+](=O)[O-])cc1Cl)N1CCN(c2ccc(-c3ccccc3Cl)nn2)CC1. The fourth-order valence-electron chi connectivity index (χ4n) is 3.41. The zero-order valence-electron chi connectivity index (χ0n) is 16.2. The molecule has 10 heteroatoms. The molecule has 0 saturated carbocycles.